The number of nitrogens with one attached hydrogen (secondary N) is 1. The van der Waals surface area contributed by atoms with Crippen LogP contribution in [0.4, 0.5) is 8.78 Å². The average molecular weight is 354 g/mol. The lowest BCUT2D eigenvalue weighted by atomic mass is 9.98. The summed E-state index contributed by atoms with van der Waals surface area (Å²) < 4.78 is 26.8. The van der Waals surface area contributed by atoms with Gasteiger partial charge in [0.25, 0.3) is 0 Å². The van der Waals surface area contributed by atoms with Crippen LogP contribution in [-0.2, 0) is 6.42 Å². The van der Waals surface area contributed by atoms with Crippen molar-refractivity contribution in [2.75, 3.05) is 6.54 Å². The van der Waals surface area contributed by atoms with Crippen LogP contribution in [0.5, 0.6) is 0 Å². The molecular formula is C17H18BrF2N. The third-order valence-electron chi connectivity index (χ3n) is 3.34. The molecule has 0 aliphatic carbocycles. The van der Waals surface area contributed by atoms with E-state index in [1.54, 1.807) is 24.3 Å². The third kappa shape index (κ3) is 4.61. The van der Waals surface area contributed by atoms with Gasteiger partial charge in [-0.15, -0.1) is 0 Å². The summed E-state index contributed by atoms with van der Waals surface area (Å²) in [5, 5.41) is 3.46. The molecule has 1 atom stereocenters. The quantitative estimate of drug-likeness (QED) is 0.769. The van der Waals surface area contributed by atoms with E-state index in [4.69, 9.17) is 0 Å². The lowest BCUT2D eigenvalue weighted by Gasteiger charge is -2.19. The second kappa shape index (κ2) is 7.66. The average Bonchev–Trinajstić information content (AvgIpc) is 2.48. The van der Waals surface area contributed by atoms with Crippen LogP contribution in [-0.4, -0.2) is 6.54 Å². The molecule has 0 saturated heterocycles. The van der Waals surface area contributed by atoms with Gasteiger partial charge in [0, 0.05) is 6.04 Å². The van der Waals surface area contributed by atoms with Crippen molar-refractivity contribution in [1.82, 2.24) is 5.32 Å². The molecule has 0 fully saturated rings. The van der Waals surface area contributed by atoms with Crippen molar-refractivity contribution in [3.05, 3.63) is 69.7 Å². The van der Waals surface area contributed by atoms with Crippen molar-refractivity contribution < 1.29 is 8.78 Å². The Hall–Kier alpha value is -1.26. The highest BCUT2D eigenvalue weighted by molar-refractivity contribution is 9.10. The summed E-state index contributed by atoms with van der Waals surface area (Å²) in [6, 6.07) is 11.6. The Morgan fingerprint density at radius 1 is 1.10 bits per heavy atom. The molecule has 0 heterocycles. The first kappa shape index (κ1) is 16.1. The molecule has 0 amide bonds. The molecule has 112 valence electrons. The number of benzene rings is 2. The topological polar surface area (TPSA) is 12.0 Å². The molecule has 0 saturated carbocycles. The van der Waals surface area contributed by atoms with Crippen LogP contribution < -0.4 is 5.32 Å². The Balaban J connectivity index is 2.19. The second-order valence-electron chi connectivity index (χ2n) is 5.01. The number of rotatable bonds is 6. The second-order valence-corrected chi connectivity index (χ2v) is 5.87. The molecule has 2 aromatic carbocycles. The molecule has 4 heteroatoms. The number of hydrogen-bond acceptors (Lipinski definition) is 1. The van der Waals surface area contributed by atoms with Gasteiger partial charge < -0.3 is 5.32 Å². The molecule has 0 aliphatic heterocycles. The zero-order valence-electron chi connectivity index (χ0n) is 11.9. The largest absolute Gasteiger partial charge is 0.310 e. The van der Waals surface area contributed by atoms with Gasteiger partial charge in [-0.25, -0.2) is 8.78 Å². The summed E-state index contributed by atoms with van der Waals surface area (Å²) in [4.78, 5) is 0. The Kier molecular flexibility index (Phi) is 5.88. The van der Waals surface area contributed by atoms with Gasteiger partial charge >= 0.3 is 0 Å². The van der Waals surface area contributed by atoms with Crippen LogP contribution in [0.2, 0.25) is 0 Å². The smallest absolute Gasteiger partial charge is 0.137 e. The Bertz CT molecular complexity index is 584. The van der Waals surface area contributed by atoms with Crippen LogP contribution in [0.1, 0.15) is 30.5 Å². The fourth-order valence-electron chi connectivity index (χ4n) is 2.22. The van der Waals surface area contributed by atoms with Crippen LogP contribution >= 0.6 is 15.9 Å². The van der Waals surface area contributed by atoms with Gasteiger partial charge in [-0.3, -0.25) is 0 Å². The first-order valence-electron chi connectivity index (χ1n) is 7.03. The minimum Gasteiger partial charge on any atom is -0.310 e. The van der Waals surface area contributed by atoms with E-state index < -0.39 is 0 Å². The van der Waals surface area contributed by atoms with Crippen molar-refractivity contribution in [3.63, 3.8) is 0 Å². The summed E-state index contributed by atoms with van der Waals surface area (Å²) in [7, 11) is 0. The molecule has 0 aromatic heterocycles. The molecule has 1 unspecified atom stereocenters. The van der Waals surface area contributed by atoms with E-state index in [2.05, 4.69) is 28.2 Å². The maximum Gasteiger partial charge on any atom is 0.137 e. The van der Waals surface area contributed by atoms with Gasteiger partial charge in [0.15, 0.2) is 0 Å². The van der Waals surface area contributed by atoms with Crippen molar-refractivity contribution >= 4 is 15.9 Å². The van der Waals surface area contributed by atoms with E-state index in [1.807, 2.05) is 0 Å². The minimum atomic E-state index is -0.265. The highest BCUT2D eigenvalue weighted by Gasteiger charge is 2.12. The van der Waals surface area contributed by atoms with E-state index >= 15 is 0 Å². The molecule has 0 spiro atoms. The molecule has 0 bridgehead atoms. The van der Waals surface area contributed by atoms with Crippen LogP contribution in [0.3, 0.4) is 0 Å². The van der Waals surface area contributed by atoms with Crippen LogP contribution in [0.25, 0.3) is 0 Å². The first-order valence-corrected chi connectivity index (χ1v) is 7.82. The highest BCUT2D eigenvalue weighted by atomic mass is 79.9. The summed E-state index contributed by atoms with van der Waals surface area (Å²) >= 11 is 3.21. The molecule has 0 radical (unpaired) electrons. The molecule has 1 N–H and O–H groups in total. The lowest BCUT2D eigenvalue weighted by Crippen LogP contribution is -2.24. The van der Waals surface area contributed by atoms with E-state index in [1.165, 1.54) is 18.2 Å². The van der Waals surface area contributed by atoms with Crippen molar-refractivity contribution in [1.29, 1.82) is 0 Å². The number of halogens is 3. The maximum atomic E-state index is 13.3. The van der Waals surface area contributed by atoms with Crippen molar-refractivity contribution in [2.24, 2.45) is 0 Å². The fourth-order valence-corrected chi connectivity index (χ4v) is 2.65. The van der Waals surface area contributed by atoms with Gasteiger partial charge in [-0.2, -0.15) is 0 Å². The maximum absolute atomic E-state index is 13.3. The first-order chi connectivity index (χ1) is 10.1. The number of hydrogen-bond donors (Lipinski definition) is 1. The lowest BCUT2D eigenvalue weighted by molar-refractivity contribution is 0.526. The normalized spacial score (nSPS) is 12.4. The molecule has 21 heavy (non-hydrogen) atoms. The molecule has 2 rings (SSSR count). The standard InChI is InChI=1S/C17H18BrF2N/c1-2-9-21-17(13-4-6-14(19)7-5-13)11-12-3-8-16(20)15(18)10-12/h3-8,10,17,21H,2,9,11H2,1H3. The summed E-state index contributed by atoms with van der Waals surface area (Å²) in [5.41, 5.74) is 2.06. The van der Waals surface area contributed by atoms with E-state index in [-0.39, 0.29) is 17.7 Å². The van der Waals surface area contributed by atoms with Crippen molar-refractivity contribution in [3.8, 4) is 0 Å². The highest BCUT2D eigenvalue weighted by Crippen LogP contribution is 2.23. The Morgan fingerprint density at radius 2 is 1.81 bits per heavy atom. The Morgan fingerprint density at radius 3 is 2.43 bits per heavy atom. The summed E-state index contributed by atoms with van der Waals surface area (Å²) in [6.45, 7) is 2.98. The van der Waals surface area contributed by atoms with Gasteiger partial charge in [0.05, 0.1) is 4.47 Å². The molecular weight excluding hydrogens is 336 g/mol. The van der Waals surface area contributed by atoms with Crippen LogP contribution in [0, 0.1) is 11.6 Å². The predicted molar refractivity (Wildman–Crippen MR) is 85.2 cm³/mol. The minimum absolute atomic E-state index is 0.0860. The molecule has 0 aliphatic rings. The summed E-state index contributed by atoms with van der Waals surface area (Å²) in [5.74, 6) is -0.504. The van der Waals surface area contributed by atoms with Crippen LogP contribution in [0.15, 0.2) is 46.9 Å². The van der Waals surface area contributed by atoms with Gasteiger partial charge in [-0.05, 0) is 70.7 Å². The van der Waals surface area contributed by atoms with Gasteiger partial charge in [0.1, 0.15) is 11.6 Å². The molecule has 1 nitrogen and oxygen atoms in total. The SMILES string of the molecule is CCCNC(Cc1ccc(F)c(Br)c1)c1ccc(F)cc1. The Labute approximate surface area is 132 Å². The summed E-state index contributed by atoms with van der Waals surface area (Å²) in [6.07, 6.45) is 1.75. The van der Waals surface area contributed by atoms with Crippen molar-refractivity contribution in [2.45, 2.75) is 25.8 Å². The van der Waals surface area contributed by atoms with Gasteiger partial charge in [-0.1, -0.05) is 25.1 Å². The monoisotopic (exact) mass is 353 g/mol. The zero-order valence-corrected chi connectivity index (χ0v) is 13.5. The zero-order chi connectivity index (χ0) is 15.2. The predicted octanol–water partition coefficient (Wildman–Crippen LogP) is 5.01. The van der Waals surface area contributed by atoms with E-state index in [0.717, 1.165) is 30.5 Å². The van der Waals surface area contributed by atoms with Gasteiger partial charge in [0.2, 0.25) is 0 Å². The molecule has 2 aromatic rings. The van der Waals surface area contributed by atoms with E-state index in [0.29, 0.717) is 4.47 Å². The van der Waals surface area contributed by atoms with E-state index in [9.17, 15) is 8.78 Å². The third-order valence-corrected chi connectivity index (χ3v) is 3.94. The fraction of sp³-hybridized carbons (Fsp3) is 0.294.